The molecule has 0 amide bonds. The second-order valence-electron chi connectivity index (χ2n) is 6.16. The van der Waals surface area contributed by atoms with Crippen LogP contribution in [0.25, 0.3) is 0 Å². The van der Waals surface area contributed by atoms with Crippen LogP contribution in [0.2, 0.25) is 0 Å². The van der Waals surface area contributed by atoms with Gasteiger partial charge in [0, 0.05) is 18.4 Å². The van der Waals surface area contributed by atoms with Crippen LogP contribution in [0.3, 0.4) is 0 Å². The molecule has 0 aromatic carbocycles. The van der Waals surface area contributed by atoms with E-state index in [2.05, 4.69) is 0 Å². The van der Waals surface area contributed by atoms with E-state index in [-0.39, 0.29) is 26.2 Å². The maximum Gasteiger partial charge on any atom is 0.389 e. The summed E-state index contributed by atoms with van der Waals surface area (Å²) in [7, 11) is 0. The molecule has 0 saturated carbocycles. The Labute approximate surface area is 125 Å². The predicted octanol–water partition coefficient (Wildman–Crippen LogP) is 3.68. The van der Waals surface area contributed by atoms with Gasteiger partial charge in [-0.25, -0.2) is 0 Å². The second-order valence-corrected chi connectivity index (χ2v) is 6.16. The number of alkyl halides is 3. The molecule has 0 aliphatic heterocycles. The molecule has 128 valence electrons. The van der Waals surface area contributed by atoms with E-state index in [4.69, 9.17) is 4.74 Å². The van der Waals surface area contributed by atoms with E-state index >= 15 is 0 Å². The normalized spacial score (nSPS) is 18.3. The maximum absolute atomic E-state index is 12.0. The molecule has 21 heavy (non-hydrogen) atoms. The molecular formula is C15H29F3O3. The fraction of sp³-hybridized carbons (Fsp3) is 1.00. The zero-order valence-electron chi connectivity index (χ0n) is 13.3. The van der Waals surface area contributed by atoms with Crippen molar-refractivity contribution in [2.45, 2.75) is 71.1 Å². The molecule has 2 unspecified atom stereocenters. The van der Waals surface area contributed by atoms with E-state index in [0.29, 0.717) is 25.7 Å². The molecule has 0 bridgehead atoms. The number of hydrogen-bond donors (Lipinski definition) is 2. The van der Waals surface area contributed by atoms with Crippen molar-refractivity contribution in [3.8, 4) is 0 Å². The minimum Gasteiger partial charge on any atom is -0.396 e. The first-order valence-electron chi connectivity index (χ1n) is 7.57. The highest BCUT2D eigenvalue weighted by molar-refractivity contribution is 4.86. The molecule has 0 saturated heterocycles. The van der Waals surface area contributed by atoms with Crippen molar-refractivity contribution < 1.29 is 28.1 Å². The van der Waals surface area contributed by atoms with Gasteiger partial charge in [0.05, 0.1) is 18.8 Å². The summed E-state index contributed by atoms with van der Waals surface area (Å²) >= 11 is 0. The molecular weight excluding hydrogens is 285 g/mol. The second kappa shape index (κ2) is 8.96. The average molecular weight is 314 g/mol. The number of rotatable bonds is 11. The lowest BCUT2D eigenvalue weighted by molar-refractivity contribution is -0.136. The molecule has 0 aliphatic rings. The molecule has 0 aliphatic carbocycles. The Morgan fingerprint density at radius 1 is 1.05 bits per heavy atom. The summed E-state index contributed by atoms with van der Waals surface area (Å²) in [5, 5.41) is 19.8. The van der Waals surface area contributed by atoms with Gasteiger partial charge >= 0.3 is 6.18 Å². The molecule has 0 rings (SSSR count). The van der Waals surface area contributed by atoms with Gasteiger partial charge < -0.3 is 14.9 Å². The van der Waals surface area contributed by atoms with Crippen LogP contribution in [0.15, 0.2) is 0 Å². The summed E-state index contributed by atoms with van der Waals surface area (Å²) in [6.07, 6.45) is -2.89. The van der Waals surface area contributed by atoms with Crippen LogP contribution in [0.1, 0.15) is 59.3 Å². The Kier molecular flexibility index (Phi) is 8.81. The summed E-state index contributed by atoms with van der Waals surface area (Å²) < 4.78 is 41.4. The summed E-state index contributed by atoms with van der Waals surface area (Å²) in [5.41, 5.74) is -1.41. The Balaban J connectivity index is 4.16. The van der Waals surface area contributed by atoms with E-state index in [1.165, 1.54) is 0 Å². The minimum atomic E-state index is -4.11. The Bertz CT molecular complexity index is 274. The van der Waals surface area contributed by atoms with Crippen LogP contribution >= 0.6 is 0 Å². The zero-order valence-corrected chi connectivity index (χ0v) is 13.3. The Hall–Kier alpha value is -0.330. The summed E-state index contributed by atoms with van der Waals surface area (Å²) in [6.45, 7) is 5.89. The largest absolute Gasteiger partial charge is 0.396 e. The molecule has 0 spiro atoms. The van der Waals surface area contributed by atoms with Gasteiger partial charge in [-0.1, -0.05) is 13.8 Å². The third-order valence-corrected chi connectivity index (χ3v) is 4.01. The van der Waals surface area contributed by atoms with Crippen LogP contribution in [0.5, 0.6) is 0 Å². The quantitative estimate of drug-likeness (QED) is 0.572. The van der Waals surface area contributed by atoms with Gasteiger partial charge in [-0.15, -0.1) is 0 Å². The highest BCUT2D eigenvalue weighted by atomic mass is 19.4. The molecule has 0 aromatic rings. The third kappa shape index (κ3) is 9.32. The van der Waals surface area contributed by atoms with Gasteiger partial charge in [-0.2, -0.15) is 13.2 Å². The van der Waals surface area contributed by atoms with Gasteiger partial charge in [-0.05, 0) is 39.0 Å². The first kappa shape index (κ1) is 20.7. The molecule has 2 atom stereocenters. The van der Waals surface area contributed by atoms with Crippen LogP contribution in [-0.2, 0) is 4.74 Å². The fourth-order valence-corrected chi connectivity index (χ4v) is 2.24. The van der Waals surface area contributed by atoms with Gasteiger partial charge in [0.2, 0.25) is 0 Å². The van der Waals surface area contributed by atoms with Crippen molar-refractivity contribution in [2.24, 2.45) is 5.41 Å². The first-order chi connectivity index (χ1) is 9.60. The lowest BCUT2D eigenvalue weighted by atomic mass is 9.76. The van der Waals surface area contributed by atoms with Gasteiger partial charge in [0.25, 0.3) is 0 Å². The number of ether oxygens (including phenoxy) is 1. The smallest absolute Gasteiger partial charge is 0.389 e. The first-order valence-corrected chi connectivity index (χ1v) is 7.57. The van der Waals surface area contributed by atoms with E-state index in [1.54, 1.807) is 6.92 Å². The van der Waals surface area contributed by atoms with Crippen molar-refractivity contribution >= 4 is 0 Å². The van der Waals surface area contributed by atoms with E-state index in [9.17, 15) is 23.4 Å². The Morgan fingerprint density at radius 3 is 2.10 bits per heavy atom. The molecule has 0 fully saturated rings. The number of hydrogen-bond acceptors (Lipinski definition) is 3. The monoisotopic (exact) mass is 314 g/mol. The van der Waals surface area contributed by atoms with Gasteiger partial charge in [-0.3, -0.25) is 0 Å². The highest BCUT2D eigenvalue weighted by Gasteiger charge is 2.35. The van der Waals surface area contributed by atoms with Crippen molar-refractivity contribution in [1.29, 1.82) is 0 Å². The standard InChI is InChI=1S/C15H29F3O3/c1-4-13(3,20)10-14(5-2,11-19)12-21-9-7-6-8-15(16,17)18/h19-20H,4-12H2,1-3H3. The minimum absolute atomic E-state index is 0.0500. The van der Waals surface area contributed by atoms with Crippen molar-refractivity contribution in [3.63, 3.8) is 0 Å². The van der Waals surface area contributed by atoms with Crippen LogP contribution < -0.4 is 0 Å². The lowest BCUT2D eigenvalue weighted by Crippen LogP contribution is -2.39. The molecule has 3 nitrogen and oxygen atoms in total. The molecule has 2 N–H and O–H groups in total. The van der Waals surface area contributed by atoms with Crippen LogP contribution in [0, 0.1) is 5.41 Å². The summed E-state index contributed by atoms with van der Waals surface area (Å²) in [4.78, 5) is 0. The zero-order chi connectivity index (χ0) is 16.6. The molecule has 0 heterocycles. The van der Waals surface area contributed by atoms with E-state index in [1.807, 2.05) is 13.8 Å². The van der Waals surface area contributed by atoms with E-state index < -0.39 is 23.6 Å². The van der Waals surface area contributed by atoms with Crippen molar-refractivity contribution in [2.75, 3.05) is 19.8 Å². The SMILES string of the molecule is CCC(C)(O)CC(CC)(CO)COCCCCC(F)(F)F. The molecule has 0 radical (unpaired) electrons. The third-order valence-electron chi connectivity index (χ3n) is 4.01. The number of aliphatic hydroxyl groups is 2. The highest BCUT2D eigenvalue weighted by Crippen LogP contribution is 2.34. The van der Waals surface area contributed by atoms with Gasteiger partial charge in [0.15, 0.2) is 0 Å². The molecule has 0 aromatic heterocycles. The molecule has 6 heteroatoms. The number of aliphatic hydroxyl groups excluding tert-OH is 1. The van der Waals surface area contributed by atoms with Crippen molar-refractivity contribution in [3.05, 3.63) is 0 Å². The van der Waals surface area contributed by atoms with Crippen LogP contribution in [-0.4, -0.2) is 41.8 Å². The number of unbranched alkanes of at least 4 members (excludes halogenated alkanes) is 1. The fourth-order valence-electron chi connectivity index (χ4n) is 2.24. The van der Waals surface area contributed by atoms with Crippen molar-refractivity contribution in [1.82, 2.24) is 0 Å². The van der Waals surface area contributed by atoms with E-state index in [0.717, 1.165) is 0 Å². The predicted molar refractivity (Wildman–Crippen MR) is 76.1 cm³/mol. The Morgan fingerprint density at radius 2 is 1.67 bits per heavy atom. The number of halogens is 3. The topological polar surface area (TPSA) is 49.7 Å². The summed E-state index contributed by atoms with van der Waals surface area (Å²) in [5.74, 6) is 0. The average Bonchev–Trinajstić information content (AvgIpc) is 2.40. The van der Waals surface area contributed by atoms with Crippen LogP contribution in [0.4, 0.5) is 13.2 Å². The lowest BCUT2D eigenvalue weighted by Gasteiger charge is -2.37. The summed E-state index contributed by atoms with van der Waals surface area (Å²) in [6, 6.07) is 0. The maximum atomic E-state index is 12.0. The van der Waals surface area contributed by atoms with Gasteiger partial charge in [0.1, 0.15) is 0 Å².